The van der Waals surface area contributed by atoms with Crippen molar-refractivity contribution in [3.05, 3.63) is 35.9 Å². The molecule has 0 aromatic heterocycles. The lowest BCUT2D eigenvalue weighted by Crippen LogP contribution is -2.45. The first-order valence-electron chi connectivity index (χ1n) is 9.65. The van der Waals surface area contributed by atoms with Crippen LogP contribution in [0.15, 0.2) is 30.3 Å². The number of hydrogen-bond acceptors (Lipinski definition) is 4. The van der Waals surface area contributed by atoms with Gasteiger partial charge in [-0.3, -0.25) is 4.79 Å². The fraction of sp³-hybridized carbons (Fsp3) is 0.619. The van der Waals surface area contributed by atoms with Crippen LogP contribution in [-0.4, -0.2) is 59.7 Å². The zero-order chi connectivity index (χ0) is 19.9. The van der Waals surface area contributed by atoms with Crippen molar-refractivity contribution in [2.24, 2.45) is 0 Å². The Morgan fingerprint density at radius 2 is 1.93 bits per heavy atom. The maximum Gasteiger partial charge on any atom is 0.410 e. The van der Waals surface area contributed by atoms with Crippen LogP contribution in [0.1, 0.15) is 46.1 Å². The Hall–Kier alpha value is -2.08. The van der Waals surface area contributed by atoms with Gasteiger partial charge in [-0.1, -0.05) is 30.3 Å². The molecule has 1 heterocycles. The summed E-state index contributed by atoms with van der Waals surface area (Å²) in [5.74, 6) is 0.0796. The third-order valence-electron chi connectivity index (χ3n) is 4.39. The minimum Gasteiger partial charge on any atom is -0.444 e. The number of rotatable bonds is 6. The van der Waals surface area contributed by atoms with Gasteiger partial charge in [0.25, 0.3) is 0 Å². The molecule has 1 fully saturated rings. The van der Waals surface area contributed by atoms with Gasteiger partial charge in [-0.25, -0.2) is 4.79 Å². The van der Waals surface area contributed by atoms with Gasteiger partial charge in [0.1, 0.15) is 5.60 Å². The molecule has 6 heteroatoms. The molecule has 1 aliphatic heterocycles. The van der Waals surface area contributed by atoms with Gasteiger partial charge in [0.15, 0.2) is 0 Å². The molecule has 27 heavy (non-hydrogen) atoms. The molecule has 1 aromatic rings. The van der Waals surface area contributed by atoms with E-state index in [2.05, 4.69) is 0 Å². The zero-order valence-electron chi connectivity index (χ0n) is 16.9. The van der Waals surface area contributed by atoms with Crippen LogP contribution in [0, 0.1) is 0 Å². The van der Waals surface area contributed by atoms with Crippen LogP contribution in [0.25, 0.3) is 0 Å². The van der Waals surface area contributed by atoms with Gasteiger partial charge in [-0.2, -0.15) is 0 Å². The van der Waals surface area contributed by atoms with Gasteiger partial charge in [-0.05, 0) is 39.7 Å². The summed E-state index contributed by atoms with van der Waals surface area (Å²) >= 11 is 0. The van der Waals surface area contributed by atoms with E-state index < -0.39 is 5.60 Å². The Labute approximate surface area is 162 Å². The maximum absolute atomic E-state index is 12.4. The average molecular weight is 376 g/mol. The molecule has 0 aliphatic carbocycles. The summed E-state index contributed by atoms with van der Waals surface area (Å²) in [5, 5.41) is 0. The van der Waals surface area contributed by atoms with Gasteiger partial charge < -0.3 is 19.3 Å². The number of hydrogen-bond donors (Lipinski definition) is 0. The molecule has 2 rings (SSSR count). The van der Waals surface area contributed by atoms with Crippen molar-refractivity contribution in [1.82, 2.24) is 9.80 Å². The van der Waals surface area contributed by atoms with Gasteiger partial charge in [-0.15, -0.1) is 0 Å². The number of carbonyl (C=O) groups is 2. The number of ether oxygens (including phenoxy) is 2. The molecule has 0 spiro atoms. The minimum atomic E-state index is -0.539. The highest BCUT2D eigenvalue weighted by molar-refractivity contribution is 5.78. The minimum absolute atomic E-state index is 0.0727. The predicted octanol–water partition coefficient (Wildman–Crippen LogP) is 3.45. The van der Waals surface area contributed by atoms with Crippen molar-refractivity contribution in [2.45, 2.75) is 58.8 Å². The van der Waals surface area contributed by atoms with Crippen molar-refractivity contribution in [2.75, 3.05) is 26.2 Å². The predicted molar refractivity (Wildman–Crippen MR) is 104 cm³/mol. The van der Waals surface area contributed by atoms with E-state index in [1.54, 1.807) is 4.90 Å². The van der Waals surface area contributed by atoms with Crippen LogP contribution in [0.3, 0.4) is 0 Å². The quantitative estimate of drug-likeness (QED) is 0.714. The fourth-order valence-corrected chi connectivity index (χ4v) is 3.04. The first-order valence-corrected chi connectivity index (χ1v) is 9.65. The van der Waals surface area contributed by atoms with Crippen LogP contribution in [0.4, 0.5) is 4.79 Å². The van der Waals surface area contributed by atoms with Crippen molar-refractivity contribution in [3.63, 3.8) is 0 Å². The maximum atomic E-state index is 12.4. The molecular weight excluding hydrogens is 344 g/mol. The second-order valence-corrected chi connectivity index (χ2v) is 8.00. The van der Waals surface area contributed by atoms with Gasteiger partial charge in [0.2, 0.25) is 5.91 Å². The Bertz CT molecular complexity index is 612. The lowest BCUT2D eigenvalue weighted by Gasteiger charge is -2.31. The first-order chi connectivity index (χ1) is 12.8. The van der Waals surface area contributed by atoms with Crippen molar-refractivity contribution in [3.8, 4) is 0 Å². The molecule has 0 radical (unpaired) electrons. The van der Waals surface area contributed by atoms with Gasteiger partial charge in [0, 0.05) is 38.7 Å². The van der Waals surface area contributed by atoms with E-state index in [1.807, 2.05) is 62.9 Å². The van der Waals surface area contributed by atoms with Crippen LogP contribution < -0.4 is 0 Å². The third kappa shape index (κ3) is 7.21. The molecule has 1 atom stereocenters. The van der Waals surface area contributed by atoms with E-state index in [0.717, 1.165) is 12.0 Å². The standard InChI is InChI=1S/C21H32N2O4/c1-17-15-22(12-8-14-26-16-18-9-6-5-7-10-18)19(24)11-13-23(17)20(25)27-21(2,3)4/h5-7,9-10,17H,8,11-16H2,1-4H3. The molecule has 1 aromatic carbocycles. The van der Waals surface area contributed by atoms with Crippen molar-refractivity contribution < 1.29 is 19.1 Å². The summed E-state index contributed by atoms with van der Waals surface area (Å²) < 4.78 is 11.2. The van der Waals surface area contributed by atoms with Crippen LogP contribution >= 0.6 is 0 Å². The topological polar surface area (TPSA) is 59.1 Å². The van der Waals surface area contributed by atoms with Crippen LogP contribution in [0.5, 0.6) is 0 Å². The molecule has 6 nitrogen and oxygen atoms in total. The van der Waals surface area contributed by atoms with E-state index in [4.69, 9.17) is 9.47 Å². The summed E-state index contributed by atoms with van der Waals surface area (Å²) in [5.41, 5.74) is 0.605. The number of benzene rings is 1. The Balaban J connectivity index is 1.77. The highest BCUT2D eigenvalue weighted by Crippen LogP contribution is 2.16. The molecule has 150 valence electrons. The molecule has 0 saturated carbocycles. The van der Waals surface area contributed by atoms with E-state index >= 15 is 0 Å². The molecule has 1 saturated heterocycles. The smallest absolute Gasteiger partial charge is 0.410 e. The Morgan fingerprint density at radius 3 is 2.59 bits per heavy atom. The van der Waals surface area contributed by atoms with Gasteiger partial charge in [0.05, 0.1) is 6.61 Å². The molecule has 0 N–H and O–H groups in total. The van der Waals surface area contributed by atoms with E-state index in [1.165, 1.54) is 0 Å². The van der Waals surface area contributed by atoms with E-state index in [-0.39, 0.29) is 18.0 Å². The number of nitrogens with zero attached hydrogens (tertiary/aromatic N) is 2. The lowest BCUT2D eigenvalue weighted by molar-refractivity contribution is -0.130. The summed E-state index contributed by atoms with van der Waals surface area (Å²) in [6.45, 7) is 10.2. The summed E-state index contributed by atoms with van der Waals surface area (Å²) in [7, 11) is 0. The third-order valence-corrected chi connectivity index (χ3v) is 4.39. The van der Waals surface area contributed by atoms with Crippen LogP contribution in [-0.2, 0) is 20.9 Å². The number of amides is 2. The monoisotopic (exact) mass is 376 g/mol. The molecule has 0 bridgehead atoms. The highest BCUT2D eigenvalue weighted by atomic mass is 16.6. The summed E-state index contributed by atoms with van der Waals surface area (Å²) in [6.07, 6.45) is 0.752. The Morgan fingerprint density at radius 1 is 1.22 bits per heavy atom. The fourth-order valence-electron chi connectivity index (χ4n) is 3.04. The molecule has 2 amide bonds. The lowest BCUT2D eigenvalue weighted by atomic mass is 10.2. The molecule has 1 aliphatic rings. The second-order valence-electron chi connectivity index (χ2n) is 8.00. The number of carbonyl (C=O) groups excluding carboxylic acids is 2. The first kappa shape index (κ1) is 21.2. The SMILES string of the molecule is CC1CN(CCCOCc2ccccc2)C(=O)CCN1C(=O)OC(C)(C)C. The largest absolute Gasteiger partial charge is 0.444 e. The van der Waals surface area contributed by atoms with Crippen molar-refractivity contribution >= 4 is 12.0 Å². The van der Waals surface area contributed by atoms with Gasteiger partial charge >= 0.3 is 6.09 Å². The highest BCUT2D eigenvalue weighted by Gasteiger charge is 2.31. The van der Waals surface area contributed by atoms with E-state index in [0.29, 0.717) is 39.3 Å². The summed E-state index contributed by atoms with van der Waals surface area (Å²) in [4.78, 5) is 28.3. The van der Waals surface area contributed by atoms with E-state index in [9.17, 15) is 9.59 Å². The molecular formula is C21H32N2O4. The van der Waals surface area contributed by atoms with Crippen molar-refractivity contribution in [1.29, 1.82) is 0 Å². The second kappa shape index (κ2) is 9.74. The summed E-state index contributed by atoms with van der Waals surface area (Å²) in [6, 6.07) is 9.96. The van der Waals surface area contributed by atoms with Crippen LogP contribution in [0.2, 0.25) is 0 Å². The Kier molecular flexibility index (Phi) is 7.66. The normalized spacial score (nSPS) is 18.4. The average Bonchev–Trinajstić information content (AvgIpc) is 2.73. The molecule has 1 unspecified atom stereocenters. The zero-order valence-corrected chi connectivity index (χ0v) is 16.9.